The summed E-state index contributed by atoms with van der Waals surface area (Å²) in [5.74, 6) is 0.883. The molecule has 0 fully saturated rings. The lowest BCUT2D eigenvalue weighted by Crippen LogP contribution is -1.94. The fourth-order valence-electron chi connectivity index (χ4n) is 8.45. The fraction of sp³-hybridized carbons (Fsp3) is 0. The van der Waals surface area contributed by atoms with Crippen molar-refractivity contribution in [1.82, 2.24) is 32.7 Å². The molecule has 0 spiro atoms. The van der Waals surface area contributed by atoms with E-state index in [1.807, 2.05) is 18.2 Å². The van der Waals surface area contributed by atoms with Crippen LogP contribution in [-0.2, 0) is 0 Å². The van der Waals surface area contributed by atoms with Gasteiger partial charge in [0.25, 0.3) is 0 Å². The van der Waals surface area contributed by atoms with Crippen molar-refractivity contribution in [3.63, 3.8) is 0 Å². The Labute approximate surface area is 308 Å². The highest BCUT2D eigenvalue weighted by Gasteiger charge is 2.19. The number of hydrogen-bond acceptors (Lipinski definition) is 5. The van der Waals surface area contributed by atoms with Crippen LogP contribution < -0.4 is 0 Å². The standard InChI is InChI=1S/C45H25N7OS/c1-4-12-34-31(9-1)46-43-49(37-15-7-8-16-38(37)50(34)43)28-19-22-42-30(25-28)29-23-26(18-21-41(29)53-42)27-17-20-39-40(24-27)52-36-14-6-3-11-33(36)48-45(52)54-44-47-32-10-2-5-13-35(32)51(39)44/h1-25H. The average Bonchev–Trinajstić information content (AvgIpc) is 4.01. The highest BCUT2D eigenvalue weighted by molar-refractivity contribution is 7.21. The Bertz CT molecular complexity index is 3760. The fourth-order valence-corrected chi connectivity index (χ4v) is 9.48. The van der Waals surface area contributed by atoms with Crippen LogP contribution in [0.1, 0.15) is 0 Å². The van der Waals surface area contributed by atoms with Gasteiger partial charge >= 0.3 is 0 Å². The van der Waals surface area contributed by atoms with Crippen molar-refractivity contribution < 1.29 is 4.42 Å². The smallest absolute Gasteiger partial charge is 0.220 e. The zero-order chi connectivity index (χ0) is 35.1. The highest BCUT2D eigenvalue weighted by Crippen LogP contribution is 2.37. The number of nitrogens with zero attached hydrogens (tertiary/aromatic N) is 7. The van der Waals surface area contributed by atoms with Crippen molar-refractivity contribution in [2.45, 2.75) is 0 Å². The zero-order valence-corrected chi connectivity index (χ0v) is 29.2. The quantitative estimate of drug-likeness (QED) is 0.179. The molecule has 0 unspecified atom stereocenters. The van der Waals surface area contributed by atoms with E-state index in [1.165, 1.54) is 0 Å². The second-order valence-electron chi connectivity index (χ2n) is 13.8. The summed E-state index contributed by atoms with van der Waals surface area (Å²) in [4.78, 5) is 17.0. The molecule has 0 amide bonds. The Hall–Kier alpha value is -7.23. The zero-order valence-electron chi connectivity index (χ0n) is 28.4. The van der Waals surface area contributed by atoms with Crippen molar-refractivity contribution in [3.05, 3.63) is 152 Å². The van der Waals surface area contributed by atoms with E-state index < -0.39 is 0 Å². The minimum atomic E-state index is 0.847. The molecule has 6 heterocycles. The molecule has 0 aliphatic rings. The number of benzene rings is 7. The molecule has 6 aromatic heterocycles. The van der Waals surface area contributed by atoms with Gasteiger partial charge in [0.1, 0.15) is 11.2 Å². The molecule has 13 rings (SSSR count). The monoisotopic (exact) mass is 711 g/mol. The minimum absolute atomic E-state index is 0.847. The van der Waals surface area contributed by atoms with Crippen LogP contribution in [0.5, 0.6) is 0 Å². The van der Waals surface area contributed by atoms with E-state index in [9.17, 15) is 0 Å². The average molecular weight is 712 g/mol. The van der Waals surface area contributed by atoms with Crippen LogP contribution >= 0.6 is 11.3 Å². The summed E-state index contributed by atoms with van der Waals surface area (Å²) in [6, 6.07) is 53.2. The van der Waals surface area contributed by atoms with E-state index >= 15 is 0 Å². The van der Waals surface area contributed by atoms with Crippen LogP contribution in [-0.4, -0.2) is 32.7 Å². The molecule has 0 saturated heterocycles. The van der Waals surface area contributed by atoms with Gasteiger partial charge in [-0.25, -0.2) is 15.0 Å². The number of imidazole rings is 4. The molecule has 9 heteroatoms. The van der Waals surface area contributed by atoms with Crippen LogP contribution in [0.4, 0.5) is 0 Å². The molecule has 8 nitrogen and oxygen atoms in total. The van der Waals surface area contributed by atoms with Gasteiger partial charge < -0.3 is 4.42 Å². The van der Waals surface area contributed by atoms with E-state index in [4.69, 9.17) is 19.4 Å². The maximum atomic E-state index is 6.45. The molecule has 0 N–H and O–H groups in total. The van der Waals surface area contributed by atoms with Gasteiger partial charge in [-0.1, -0.05) is 72.0 Å². The third-order valence-electron chi connectivity index (χ3n) is 10.9. The van der Waals surface area contributed by atoms with Gasteiger partial charge in [0.2, 0.25) is 5.78 Å². The summed E-state index contributed by atoms with van der Waals surface area (Å²) in [6.45, 7) is 0. The third kappa shape index (κ3) is 3.72. The molecule has 252 valence electrons. The molecule has 0 atom stereocenters. The second-order valence-corrected chi connectivity index (χ2v) is 14.7. The van der Waals surface area contributed by atoms with Crippen molar-refractivity contribution in [3.8, 4) is 16.8 Å². The van der Waals surface area contributed by atoms with Gasteiger partial charge in [-0.2, -0.15) is 0 Å². The van der Waals surface area contributed by atoms with Crippen molar-refractivity contribution >= 4 is 104 Å². The van der Waals surface area contributed by atoms with E-state index in [2.05, 4.69) is 151 Å². The number of hydrogen-bond donors (Lipinski definition) is 0. The van der Waals surface area contributed by atoms with Crippen LogP contribution in [0, 0.1) is 0 Å². The number of para-hydroxylation sites is 8. The van der Waals surface area contributed by atoms with E-state index in [-0.39, 0.29) is 0 Å². The second kappa shape index (κ2) is 10.2. The SMILES string of the molecule is c1ccc2c(c1)nc1sc3nc4ccccc4n3c3cc(-c4ccc5oc6ccc(-n7c8ccccc8n8c9ccccc9nc78)cc6c5c4)ccc3n12. The molecule has 0 aliphatic heterocycles. The summed E-state index contributed by atoms with van der Waals surface area (Å²) >= 11 is 1.60. The Morgan fingerprint density at radius 3 is 1.65 bits per heavy atom. The number of rotatable bonds is 2. The van der Waals surface area contributed by atoms with Crippen molar-refractivity contribution in [2.75, 3.05) is 0 Å². The normalized spacial score (nSPS) is 12.4. The summed E-state index contributed by atoms with van der Waals surface area (Å²) in [5, 5.41) is 2.12. The Morgan fingerprint density at radius 2 is 0.926 bits per heavy atom. The highest BCUT2D eigenvalue weighted by atomic mass is 32.1. The summed E-state index contributed by atoms with van der Waals surface area (Å²) < 4.78 is 15.5. The van der Waals surface area contributed by atoms with Gasteiger partial charge in [0.05, 0.1) is 60.9 Å². The molecule has 0 saturated carbocycles. The Morgan fingerprint density at radius 1 is 0.407 bits per heavy atom. The number of fused-ring (bicyclic) bond motifs is 17. The first kappa shape index (κ1) is 28.4. The Kier molecular flexibility index (Phi) is 5.37. The van der Waals surface area contributed by atoms with Gasteiger partial charge in [-0.3, -0.25) is 17.8 Å². The molecule has 0 radical (unpaired) electrons. The lowest BCUT2D eigenvalue weighted by molar-refractivity contribution is 0.669. The van der Waals surface area contributed by atoms with Crippen LogP contribution in [0.3, 0.4) is 0 Å². The third-order valence-corrected chi connectivity index (χ3v) is 11.8. The van der Waals surface area contributed by atoms with Crippen LogP contribution in [0.15, 0.2) is 156 Å². The van der Waals surface area contributed by atoms with Gasteiger partial charge in [-0.05, 0) is 102 Å². The first-order chi connectivity index (χ1) is 26.7. The molecule has 13 aromatic rings. The molecule has 0 bridgehead atoms. The van der Waals surface area contributed by atoms with E-state index in [1.54, 1.807) is 11.3 Å². The minimum Gasteiger partial charge on any atom is -0.456 e. The van der Waals surface area contributed by atoms with Gasteiger partial charge in [-0.15, -0.1) is 0 Å². The van der Waals surface area contributed by atoms with Crippen molar-refractivity contribution in [1.29, 1.82) is 0 Å². The van der Waals surface area contributed by atoms with Gasteiger partial charge in [0, 0.05) is 10.8 Å². The maximum Gasteiger partial charge on any atom is 0.220 e. The number of furan rings is 1. The molecular formula is C45H25N7OS. The summed E-state index contributed by atoms with van der Waals surface area (Å²) in [7, 11) is 0. The van der Waals surface area contributed by atoms with E-state index in [0.29, 0.717) is 0 Å². The topological polar surface area (TPSA) is 70.0 Å². The molecule has 7 aromatic carbocycles. The molecule has 54 heavy (non-hydrogen) atoms. The molecule has 0 aliphatic carbocycles. The number of aromatic nitrogens is 7. The lowest BCUT2D eigenvalue weighted by atomic mass is 10.0. The summed E-state index contributed by atoms with van der Waals surface area (Å²) in [6.07, 6.45) is 0. The largest absolute Gasteiger partial charge is 0.456 e. The van der Waals surface area contributed by atoms with Crippen molar-refractivity contribution in [2.24, 2.45) is 0 Å². The first-order valence-corrected chi connectivity index (χ1v) is 18.7. The predicted molar refractivity (Wildman–Crippen MR) is 219 cm³/mol. The maximum absolute atomic E-state index is 6.45. The Balaban J connectivity index is 1.06. The van der Waals surface area contributed by atoms with Crippen LogP contribution in [0.2, 0.25) is 0 Å². The predicted octanol–water partition coefficient (Wildman–Crippen LogP) is 11.4. The van der Waals surface area contributed by atoms with E-state index in [0.717, 1.165) is 110 Å². The summed E-state index contributed by atoms with van der Waals surface area (Å²) in [5.41, 5.74) is 15.4. The van der Waals surface area contributed by atoms with Gasteiger partial charge in [0.15, 0.2) is 9.92 Å². The lowest BCUT2D eigenvalue weighted by Gasteiger charge is -2.07. The molecular weight excluding hydrogens is 687 g/mol. The first-order valence-electron chi connectivity index (χ1n) is 17.9. The van der Waals surface area contributed by atoms with Crippen LogP contribution in [0.25, 0.3) is 110 Å².